The van der Waals surface area contributed by atoms with E-state index in [0.717, 1.165) is 30.1 Å². The summed E-state index contributed by atoms with van der Waals surface area (Å²) < 4.78 is 5.18. The first-order valence-corrected chi connectivity index (χ1v) is 7.44. The van der Waals surface area contributed by atoms with Gasteiger partial charge in [0.05, 0.1) is 18.8 Å². The molecule has 0 aliphatic heterocycles. The third-order valence-electron chi connectivity index (χ3n) is 3.20. The van der Waals surface area contributed by atoms with Crippen LogP contribution in [0.4, 0.5) is 0 Å². The Morgan fingerprint density at radius 3 is 2.86 bits per heavy atom. The van der Waals surface area contributed by atoms with Gasteiger partial charge in [-0.3, -0.25) is 0 Å². The van der Waals surface area contributed by atoms with E-state index in [9.17, 15) is 0 Å². The zero-order valence-corrected chi connectivity index (χ0v) is 13.1. The Balaban J connectivity index is 2.20. The Kier molecular flexibility index (Phi) is 5.96. The van der Waals surface area contributed by atoms with Crippen LogP contribution in [0.5, 0.6) is 5.88 Å². The topological polar surface area (TPSA) is 47.0 Å². The van der Waals surface area contributed by atoms with Crippen LogP contribution in [-0.4, -0.2) is 23.6 Å². The molecule has 0 spiro atoms. The average molecular weight is 306 g/mol. The predicted octanol–water partition coefficient (Wildman–Crippen LogP) is 3.42. The molecule has 1 N–H and O–H groups in total. The fraction of sp³-hybridized carbons (Fsp3) is 0.375. The van der Waals surface area contributed by atoms with Crippen LogP contribution in [-0.2, 0) is 6.42 Å². The fourth-order valence-corrected chi connectivity index (χ4v) is 2.37. The van der Waals surface area contributed by atoms with Crippen molar-refractivity contribution in [3.8, 4) is 5.88 Å². The average Bonchev–Trinajstić information content (AvgIpc) is 2.51. The van der Waals surface area contributed by atoms with Crippen molar-refractivity contribution in [1.29, 1.82) is 0 Å². The highest BCUT2D eigenvalue weighted by Crippen LogP contribution is 2.21. The Labute approximate surface area is 130 Å². The summed E-state index contributed by atoms with van der Waals surface area (Å²) in [4.78, 5) is 8.43. The quantitative estimate of drug-likeness (QED) is 0.851. The second kappa shape index (κ2) is 7.96. The molecule has 2 rings (SSSR count). The number of ether oxygens (including phenoxy) is 1. The standard InChI is InChI=1S/C16H20ClN3O/c1-3-7-18-14(9-12-5-4-6-13(17)8-12)15-10-16(21-2)20-11-19-15/h4-6,8,10-11,14,18H,3,7,9H2,1-2H3. The summed E-state index contributed by atoms with van der Waals surface area (Å²) in [6, 6.07) is 9.89. The zero-order chi connectivity index (χ0) is 15.1. The lowest BCUT2D eigenvalue weighted by molar-refractivity contribution is 0.393. The number of hydrogen-bond acceptors (Lipinski definition) is 4. The van der Waals surface area contributed by atoms with Gasteiger partial charge in [-0.25, -0.2) is 9.97 Å². The number of aromatic nitrogens is 2. The van der Waals surface area contributed by atoms with Crippen LogP contribution in [0, 0.1) is 0 Å². The van der Waals surface area contributed by atoms with E-state index < -0.39 is 0 Å². The van der Waals surface area contributed by atoms with E-state index >= 15 is 0 Å². The summed E-state index contributed by atoms with van der Waals surface area (Å²) in [5.74, 6) is 0.578. The van der Waals surface area contributed by atoms with Crippen LogP contribution in [0.2, 0.25) is 5.02 Å². The van der Waals surface area contributed by atoms with Crippen LogP contribution in [0.15, 0.2) is 36.7 Å². The molecule has 21 heavy (non-hydrogen) atoms. The van der Waals surface area contributed by atoms with E-state index in [2.05, 4.69) is 28.3 Å². The van der Waals surface area contributed by atoms with Crippen molar-refractivity contribution in [2.24, 2.45) is 0 Å². The molecule has 0 fully saturated rings. The first kappa shape index (κ1) is 15.7. The highest BCUT2D eigenvalue weighted by atomic mass is 35.5. The number of methoxy groups -OCH3 is 1. The first-order valence-electron chi connectivity index (χ1n) is 7.06. The Morgan fingerprint density at radius 2 is 2.14 bits per heavy atom. The molecule has 4 nitrogen and oxygen atoms in total. The van der Waals surface area contributed by atoms with Gasteiger partial charge in [0.25, 0.3) is 0 Å². The third kappa shape index (κ3) is 4.69. The van der Waals surface area contributed by atoms with Gasteiger partial charge in [-0.15, -0.1) is 0 Å². The van der Waals surface area contributed by atoms with Crippen molar-refractivity contribution in [3.05, 3.63) is 52.9 Å². The molecule has 0 saturated carbocycles. The summed E-state index contributed by atoms with van der Waals surface area (Å²) >= 11 is 6.06. The van der Waals surface area contributed by atoms with Crippen LogP contribution < -0.4 is 10.1 Å². The van der Waals surface area contributed by atoms with E-state index in [1.54, 1.807) is 7.11 Å². The smallest absolute Gasteiger partial charge is 0.216 e. The lowest BCUT2D eigenvalue weighted by atomic mass is 10.0. The Bertz CT molecular complexity index is 577. The molecule has 0 aliphatic rings. The van der Waals surface area contributed by atoms with Crippen molar-refractivity contribution in [3.63, 3.8) is 0 Å². The van der Waals surface area contributed by atoms with Gasteiger partial charge < -0.3 is 10.1 Å². The van der Waals surface area contributed by atoms with Gasteiger partial charge in [-0.2, -0.15) is 0 Å². The van der Waals surface area contributed by atoms with Gasteiger partial charge in [-0.05, 0) is 37.1 Å². The predicted molar refractivity (Wildman–Crippen MR) is 84.8 cm³/mol. The molecule has 112 valence electrons. The number of nitrogens with zero attached hydrogens (tertiary/aromatic N) is 2. The number of nitrogens with one attached hydrogen (secondary N) is 1. The molecule has 1 heterocycles. The lowest BCUT2D eigenvalue weighted by Gasteiger charge is -2.18. The van der Waals surface area contributed by atoms with Crippen LogP contribution >= 0.6 is 11.6 Å². The van der Waals surface area contributed by atoms with Gasteiger partial charge >= 0.3 is 0 Å². The maximum atomic E-state index is 6.06. The zero-order valence-electron chi connectivity index (χ0n) is 12.3. The molecule has 1 atom stereocenters. The minimum Gasteiger partial charge on any atom is -0.481 e. The molecule has 1 unspecified atom stereocenters. The lowest BCUT2D eigenvalue weighted by Crippen LogP contribution is -2.25. The molecule has 0 aliphatic carbocycles. The van der Waals surface area contributed by atoms with Crippen LogP contribution in [0.25, 0.3) is 0 Å². The number of hydrogen-bond donors (Lipinski definition) is 1. The molecule has 0 amide bonds. The summed E-state index contributed by atoms with van der Waals surface area (Å²) in [7, 11) is 1.61. The summed E-state index contributed by atoms with van der Waals surface area (Å²) in [5.41, 5.74) is 2.10. The number of rotatable bonds is 7. The molecule has 0 radical (unpaired) electrons. The minimum absolute atomic E-state index is 0.111. The molecule has 5 heteroatoms. The molecule has 2 aromatic rings. The highest BCUT2D eigenvalue weighted by Gasteiger charge is 2.14. The fourth-order valence-electron chi connectivity index (χ4n) is 2.16. The van der Waals surface area contributed by atoms with Gasteiger partial charge in [-0.1, -0.05) is 30.7 Å². The Morgan fingerprint density at radius 1 is 1.29 bits per heavy atom. The molecule has 1 aromatic carbocycles. The van der Waals surface area contributed by atoms with E-state index in [-0.39, 0.29) is 6.04 Å². The molecular weight excluding hydrogens is 286 g/mol. The van der Waals surface area contributed by atoms with Crippen molar-refractivity contribution >= 4 is 11.6 Å². The van der Waals surface area contributed by atoms with Gasteiger partial charge in [0.2, 0.25) is 5.88 Å². The van der Waals surface area contributed by atoms with Crippen LogP contribution in [0.1, 0.15) is 30.6 Å². The monoisotopic (exact) mass is 305 g/mol. The van der Waals surface area contributed by atoms with E-state index in [1.165, 1.54) is 11.9 Å². The Hall–Kier alpha value is -1.65. The maximum absolute atomic E-state index is 6.06. The number of halogens is 1. The minimum atomic E-state index is 0.111. The van der Waals surface area contributed by atoms with Gasteiger partial charge in [0.1, 0.15) is 6.33 Å². The summed E-state index contributed by atoms with van der Waals surface area (Å²) in [6.07, 6.45) is 3.42. The second-order valence-corrected chi connectivity index (χ2v) is 5.26. The van der Waals surface area contributed by atoms with Crippen molar-refractivity contribution in [1.82, 2.24) is 15.3 Å². The van der Waals surface area contributed by atoms with Crippen molar-refractivity contribution < 1.29 is 4.74 Å². The van der Waals surface area contributed by atoms with Gasteiger partial charge in [0, 0.05) is 11.1 Å². The van der Waals surface area contributed by atoms with Crippen molar-refractivity contribution in [2.75, 3.05) is 13.7 Å². The summed E-state index contributed by atoms with van der Waals surface area (Å²) in [6.45, 7) is 3.07. The normalized spacial score (nSPS) is 12.1. The molecular formula is C16H20ClN3O. The first-order chi connectivity index (χ1) is 10.2. The van der Waals surface area contributed by atoms with E-state index in [1.807, 2.05) is 24.3 Å². The van der Waals surface area contributed by atoms with E-state index in [0.29, 0.717) is 5.88 Å². The molecule has 0 saturated heterocycles. The van der Waals surface area contributed by atoms with Crippen molar-refractivity contribution in [2.45, 2.75) is 25.8 Å². The largest absolute Gasteiger partial charge is 0.481 e. The van der Waals surface area contributed by atoms with Crippen LogP contribution in [0.3, 0.4) is 0 Å². The van der Waals surface area contributed by atoms with E-state index in [4.69, 9.17) is 16.3 Å². The summed E-state index contributed by atoms with van der Waals surface area (Å²) in [5, 5.41) is 4.27. The highest BCUT2D eigenvalue weighted by molar-refractivity contribution is 6.30. The molecule has 1 aromatic heterocycles. The molecule has 0 bridgehead atoms. The maximum Gasteiger partial charge on any atom is 0.216 e. The van der Waals surface area contributed by atoms with Gasteiger partial charge in [0.15, 0.2) is 0 Å². The SMILES string of the molecule is CCCNC(Cc1cccc(Cl)c1)c1cc(OC)ncn1. The second-order valence-electron chi connectivity index (χ2n) is 4.83. The number of benzene rings is 1. The third-order valence-corrected chi connectivity index (χ3v) is 3.43.